The van der Waals surface area contributed by atoms with Crippen LogP contribution in [0.4, 0.5) is 0 Å². The molecule has 3 N–H and O–H groups in total. The Morgan fingerprint density at radius 1 is 0.700 bits per heavy atom. The molecule has 7 heteroatoms. The normalized spacial score (nSPS) is 10.3. The highest BCUT2D eigenvalue weighted by molar-refractivity contribution is 5.86. The Morgan fingerprint density at radius 2 is 1.37 bits per heavy atom. The van der Waals surface area contributed by atoms with E-state index in [0.29, 0.717) is 12.3 Å². The molecule has 3 amide bonds. The van der Waals surface area contributed by atoms with Gasteiger partial charge in [-0.05, 0) is 28.5 Å². The van der Waals surface area contributed by atoms with Gasteiger partial charge in [0.05, 0.1) is 0 Å². The van der Waals surface area contributed by atoms with Gasteiger partial charge in [0, 0.05) is 19.4 Å². The zero-order valence-electron chi connectivity index (χ0n) is 16.4. The van der Waals surface area contributed by atoms with Crippen molar-refractivity contribution in [2.24, 2.45) is 0 Å². The number of fused-ring (bicyclic) bond motifs is 1. The minimum atomic E-state index is -0.495. The molecule has 0 atom stereocenters. The van der Waals surface area contributed by atoms with Crippen LogP contribution >= 0.6 is 0 Å². The average Bonchev–Trinajstić information content (AvgIpc) is 2.79. The minimum absolute atomic E-state index is 0.0299. The molecular formula is C23H23N3O4. The van der Waals surface area contributed by atoms with Gasteiger partial charge in [-0.1, -0.05) is 60.7 Å². The van der Waals surface area contributed by atoms with Gasteiger partial charge in [-0.2, -0.15) is 0 Å². The number of rotatable bonds is 8. The average molecular weight is 405 g/mol. The third kappa shape index (κ3) is 6.63. The first-order valence-corrected chi connectivity index (χ1v) is 9.60. The number of carbonyl (C=O) groups excluding carboxylic acids is 3. The highest BCUT2D eigenvalue weighted by Gasteiger charge is 2.09. The smallest absolute Gasteiger partial charge is 0.276 e. The number of hydrogen-bond donors (Lipinski definition) is 3. The van der Waals surface area contributed by atoms with Gasteiger partial charge in [0.1, 0.15) is 5.75 Å². The Balaban J connectivity index is 1.31. The summed E-state index contributed by atoms with van der Waals surface area (Å²) in [6, 6.07) is 22.8. The lowest BCUT2D eigenvalue weighted by molar-refractivity contribution is -0.131. The van der Waals surface area contributed by atoms with Crippen molar-refractivity contribution in [2.75, 3.05) is 6.61 Å². The van der Waals surface area contributed by atoms with Crippen LogP contribution in [0.2, 0.25) is 0 Å². The van der Waals surface area contributed by atoms with Gasteiger partial charge in [0.15, 0.2) is 6.61 Å². The molecule has 0 aliphatic carbocycles. The van der Waals surface area contributed by atoms with E-state index in [1.807, 2.05) is 66.7 Å². The first kappa shape index (κ1) is 20.9. The SMILES string of the molecule is O=C(CCC(=O)NNC(=O)COc1ccc2ccccc2c1)NCc1ccccc1. The molecular weight excluding hydrogens is 382 g/mol. The molecule has 0 aliphatic heterocycles. The molecule has 0 bridgehead atoms. The molecule has 0 fully saturated rings. The van der Waals surface area contributed by atoms with Crippen LogP contribution in [0.3, 0.4) is 0 Å². The Morgan fingerprint density at radius 3 is 2.17 bits per heavy atom. The van der Waals surface area contributed by atoms with E-state index >= 15 is 0 Å². The molecule has 0 aliphatic rings. The van der Waals surface area contributed by atoms with E-state index in [9.17, 15) is 14.4 Å². The molecule has 0 heterocycles. The molecule has 0 unspecified atom stereocenters. The van der Waals surface area contributed by atoms with Crippen LogP contribution in [-0.4, -0.2) is 24.3 Å². The van der Waals surface area contributed by atoms with Gasteiger partial charge in [0.25, 0.3) is 5.91 Å². The van der Waals surface area contributed by atoms with E-state index < -0.39 is 11.8 Å². The lowest BCUT2D eigenvalue weighted by atomic mass is 10.1. The Labute approximate surface area is 174 Å². The predicted octanol–water partition coefficient (Wildman–Crippen LogP) is 2.46. The summed E-state index contributed by atoms with van der Waals surface area (Å²) in [7, 11) is 0. The molecule has 0 spiro atoms. The summed E-state index contributed by atoms with van der Waals surface area (Å²) in [5.41, 5.74) is 5.54. The summed E-state index contributed by atoms with van der Waals surface area (Å²) in [5.74, 6) is -0.626. The lowest BCUT2D eigenvalue weighted by Crippen LogP contribution is -2.44. The zero-order valence-corrected chi connectivity index (χ0v) is 16.4. The molecule has 30 heavy (non-hydrogen) atoms. The van der Waals surface area contributed by atoms with Crippen molar-refractivity contribution in [1.82, 2.24) is 16.2 Å². The van der Waals surface area contributed by atoms with Gasteiger partial charge in [0.2, 0.25) is 11.8 Å². The summed E-state index contributed by atoms with van der Waals surface area (Å²) in [5, 5.41) is 4.83. The fourth-order valence-corrected chi connectivity index (χ4v) is 2.76. The van der Waals surface area contributed by atoms with E-state index in [-0.39, 0.29) is 25.4 Å². The summed E-state index contributed by atoms with van der Waals surface area (Å²) in [4.78, 5) is 35.5. The van der Waals surface area contributed by atoms with Crippen molar-refractivity contribution in [3.05, 3.63) is 78.4 Å². The van der Waals surface area contributed by atoms with Crippen LogP contribution in [0.15, 0.2) is 72.8 Å². The number of amides is 3. The molecule has 0 saturated carbocycles. The third-order valence-electron chi connectivity index (χ3n) is 4.34. The molecule has 3 aromatic rings. The summed E-state index contributed by atoms with van der Waals surface area (Å²) < 4.78 is 5.45. The lowest BCUT2D eigenvalue weighted by Gasteiger charge is -2.09. The quantitative estimate of drug-likeness (QED) is 0.502. The maximum absolute atomic E-state index is 11.9. The molecule has 3 rings (SSSR count). The van der Waals surface area contributed by atoms with Crippen molar-refractivity contribution >= 4 is 28.5 Å². The standard InChI is InChI=1S/C23H23N3O4/c27-21(24-15-17-6-2-1-3-7-17)12-13-22(28)25-26-23(29)16-30-20-11-10-18-8-4-5-9-19(18)14-20/h1-11,14H,12-13,15-16H2,(H,24,27)(H,25,28)(H,26,29). The molecule has 0 saturated heterocycles. The Kier molecular flexibility index (Phi) is 7.38. The fraction of sp³-hybridized carbons (Fsp3) is 0.174. The van der Waals surface area contributed by atoms with Crippen molar-refractivity contribution in [1.29, 1.82) is 0 Å². The summed E-state index contributed by atoms with van der Waals surface area (Å²) in [6.07, 6.45) is -0.00540. The van der Waals surface area contributed by atoms with Crippen LogP contribution in [0.1, 0.15) is 18.4 Å². The maximum Gasteiger partial charge on any atom is 0.276 e. The van der Waals surface area contributed by atoms with Crippen LogP contribution < -0.4 is 20.9 Å². The number of ether oxygens (including phenoxy) is 1. The number of nitrogens with one attached hydrogen (secondary N) is 3. The maximum atomic E-state index is 11.9. The van der Waals surface area contributed by atoms with E-state index in [2.05, 4.69) is 16.2 Å². The number of hydrogen-bond acceptors (Lipinski definition) is 4. The van der Waals surface area contributed by atoms with Crippen molar-refractivity contribution in [2.45, 2.75) is 19.4 Å². The van der Waals surface area contributed by atoms with Gasteiger partial charge in [-0.25, -0.2) is 0 Å². The Bertz CT molecular complexity index is 1020. The molecule has 0 aromatic heterocycles. The summed E-state index contributed by atoms with van der Waals surface area (Å²) in [6.45, 7) is 0.167. The molecule has 7 nitrogen and oxygen atoms in total. The fourth-order valence-electron chi connectivity index (χ4n) is 2.76. The van der Waals surface area contributed by atoms with Crippen LogP contribution in [0.25, 0.3) is 10.8 Å². The van der Waals surface area contributed by atoms with Crippen molar-refractivity contribution in [3.8, 4) is 5.75 Å². The molecule has 3 aromatic carbocycles. The van der Waals surface area contributed by atoms with Gasteiger partial charge < -0.3 is 10.1 Å². The van der Waals surface area contributed by atoms with Gasteiger partial charge >= 0.3 is 0 Å². The minimum Gasteiger partial charge on any atom is -0.484 e. The number of carbonyl (C=O) groups is 3. The van der Waals surface area contributed by atoms with Crippen molar-refractivity contribution in [3.63, 3.8) is 0 Å². The van der Waals surface area contributed by atoms with E-state index in [0.717, 1.165) is 16.3 Å². The molecule has 0 radical (unpaired) electrons. The van der Waals surface area contributed by atoms with E-state index in [1.54, 1.807) is 6.07 Å². The monoisotopic (exact) mass is 405 g/mol. The van der Waals surface area contributed by atoms with E-state index in [4.69, 9.17) is 4.74 Å². The third-order valence-corrected chi connectivity index (χ3v) is 4.34. The molecule has 154 valence electrons. The Hall–Kier alpha value is -3.87. The van der Waals surface area contributed by atoms with Gasteiger partial charge in [-0.3, -0.25) is 25.2 Å². The van der Waals surface area contributed by atoms with Crippen LogP contribution in [0, 0.1) is 0 Å². The first-order valence-electron chi connectivity index (χ1n) is 9.60. The topological polar surface area (TPSA) is 96.5 Å². The largest absolute Gasteiger partial charge is 0.484 e. The number of hydrazine groups is 1. The van der Waals surface area contributed by atoms with Crippen LogP contribution in [-0.2, 0) is 20.9 Å². The highest BCUT2D eigenvalue weighted by Crippen LogP contribution is 2.20. The second kappa shape index (κ2) is 10.6. The second-order valence-electron chi connectivity index (χ2n) is 6.66. The highest BCUT2D eigenvalue weighted by atomic mass is 16.5. The second-order valence-corrected chi connectivity index (χ2v) is 6.66. The zero-order chi connectivity index (χ0) is 21.2. The van der Waals surface area contributed by atoms with E-state index in [1.165, 1.54) is 0 Å². The van der Waals surface area contributed by atoms with Gasteiger partial charge in [-0.15, -0.1) is 0 Å². The number of benzene rings is 3. The first-order chi connectivity index (χ1) is 14.6. The van der Waals surface area contributed by atoms with Crippen LogP contribution in [0.5, 0.6) is 5.75 Å². The summed E-state index contributed by atoms with van der Waals surface area (Å²) >= 11 is 0. The van der Waals surface area contributed by atoms with Crippen molar-refractivity contribution < 1.29 is 19.1 Å². The predicted molar refractivity (Wildman–Crippen MR) is 113 cm³/mol.